The van der Waals surface area contributed by atoms with Crippen molar-refractivity contribution >= 4 is 17.3 Å². The Hall–Kier alpha value is -1.88. The van der Waals surface area contributed by atoms with Crippen LogP contribution in [0.2, 0.25) is 5.02 Å². The van der Waals surface area contributed by atoms with E-state index >= 15 is 0 Å². The van der Waals surface area contributed by atoms with Gasteiger partial charge < -0.3 is 10.5 Å². The fraction of sp³-hybridized carbons (Fsp3) is 0.0909. The van der Waals surface area contributed by atoms with Gasteiger partial charge in [-0.25, -0.2) is 14.4 Å². The van der Waals surface area contributed by atoms with E-state index in [-0.39, 0.29) is 22.5 Å². The zero-order valence-electron chi connectivity index (χ0n) is 8.95. The van der Waals surface area contributed by atoms with E-state index < -0.39 is 5.82 Å². The number of anilines is 1. The lowest BCUT2D eigenvalue weighted by Gasteiger charge is -2.08. The summed E-state index contributed by atoms with van der Waals surface area (Å²) in [5.74, 6) is -0.778. The van der Waals surface area contributed by atoms with Gasteiger partial charge in [-0.15, -0.1) is 0 Å². The van der Waals surface area contributed by atoms with E-state index in [9.17, 15) is 4.39 Å². The van der Waals surface area contributed by atoms with Crippen LogP contribution in [0.25, 0.3) is 0 Å². The molecule has 0 radical (unpaired) electrons. The third-order valence-corrected chi connectivity index (χ3v) is 2.22. The van der Waals surface area contributed by atoms with E-state index in [1.54, 1.807) is 13.0 Å². The minimum Gasteiger partial charge on any atom is -0.419 e. The Bertz CT molecular complexity index is 539. The van der Waals surface area contributed by atoms with Crippen molar-refractivity contribution in [2.45, 2.75) is 6.92 Å². The first-order valence-electron chi connectivity index (χ1n) is 4.78. The fourth-order valence-corrected chi connectivity index (χ4v) is 1.47. The molecule has 2 N–H and O–H groups in total. The summed E-state index contributed by atoms with van der Waals surface area (Å²) in [5.41, 5.74) is 6.41. The quantitative estimate of drug-likeness (QED) is 0.836. The van der Waals surface area contributed by atoms with Crippen LogP contribution in [0.3, 0.4) is 0 Å². The molecule has 6 heteroatoms. The summed E-state index contributed by atoms with van der Waals surface area (Å²) in [7, 11) is 0. The molecular formula is C11H9ClFN3O. The minimum atomic E-state index is -0.653. The maximum Gasteiger partial charge on any atom is 0.322 e. The first-order chi connectivity index (χ1) is 8.06. The number of rotatable bonds is 2. The van der Waals surface area contributed by atoms with Crippen molar-refractivity contribution in [2.24, 2.45) is 0 Å². The van der Waals surface area contributed by atoms with E-state index in [0.29, 0.717) is 5.69 Å². The molecule has 0 aliphatic carbocycles. The van der Waals surface area contributed by atoms with Crippen LogP contribution in [0, 0.1) is 12.7 Å². The summed E-state index contributed by atoms with van der Waals surface area (Å²) in [5, 5.41) is 0.206. The molecule has 0 fully saturated rings. The number of halogens is 2. The van der Waals surface area contributed by atoms with E-state index in [1.165, 1.54) is 12.3 Å². The third-order valence-electron chi connectivity index (χ3n) is 2.00. The summed E-state index contributed by atoms with van der Waals surface area (Å²) in [6, 6.07) is 4.26. The lowest BCUT2D eigenvalue weighted by Crippen LogP contribution is -1.99. The van der Waals surface area contributed by atoms with Crippen LogP contribution >= 0.6 is 11.6 Å². The summed E-state index contributed by atoms with van der Waals surface area (Å²) in [4.78, 5) is 7.84. The number of ether oxygens (including phenoxy) is 1. The molecule has 0 aliphatic rings. The Labute approximate surface area is 102 Å². The van der Waals surface area contributed by atoms with Crippen molar-refractivity contribution in [3.8, 4) is 11.8 Å². The predicted molar refractivity (Wildman–Crippen MR) is 62.7 cm³/mol. The molecule has 0 spiro atoms. The van der Waals surface area contributed by atoms with Crippen molar-refractivity contribution in [1.29, 1.82) is 0 Å². The molecule has 88 valence electrons. The van der Waals surface area contributed by atoms with Crippen molar-refractivity contribution in [2.75, 3.05) is 5.73 Å². The average Bonchev–Trinajstić information content (AvgIpc) is 2.23. The van der Waals surface area contributed by atoms with Gasteiger partial charge in [0.2, 0.25) is 0 Å². The monoisotopic (exact) mass is 253 g/mol. The maximum absolute atomic E-state index is 13.6. The Morgan fingerprint density at radius 2 is 2.18 bits per heavy atom. The van der Waals surface area contributed by atoms with Gasteiger partial charge in [-0.05, 0) is 25.1 Å². The summed E-state index contributed by atoms with van der Waals surface area (Å²) >= 11 is 5.64. The summed E-state index contributed by atoms with van der Waals surface area (Å²) in [6.07, 6.45) is 1.52. The molecule has 0 saturated carbocycles. The summed E-state index contributed by atoms with van der Waals surface area (Å²) in [6.45, 7) is 1.77. The standard InChI is InChI=1S/C11H9ClFN3O/c1-6-2-3-15-11(16-6)17-10-8(13)4-7(12)5-9(10)14/h2-5H,14H2,1H3. The van der Waals surface area contributed by atoms with Crippen LogP contribution in [-0.2, 0) is 0 Å². The minimum absolute atomic E-state index is 0.0397. The van der Waals surface area contributed by atoms with Gasteiger partial charge in [-0.2, -0.15) is 0 Å². The summed E-state index contributed by atoms with van der Waals surface area (Å²) < 4.78 is 18.7. The predicted octanol–water partition coefficient (Wildman–Crippen LogP) is 2.95. The van der Waals surface area contributed by atoms with Gasteiger partial charge in [0.05, 0.1) is 5.69 Å². The van der Waals surface area contributed by atoms with E-state index in [0.717, 1.165) is 6.07 Å². The van der Waals surface area contributed by atoms with Gasteiger partial charge in [-0.1, -0.05) is 11.6 Å². The van der Waals surface area contributed by atoms with Crippen LogP contribution in [0.4, 0.5) is 10.1 Å². The lowest BCUT2D eigenvalue weighted by molar-refractivity contribution is 0.412. The third kappa shape index (κ3) is 2.62. The molecule has 0 saturated heterocycles. The average molecular weight is 254 g/mol. The SMILES string of the molecule is Cc1ccnc(Oc2c(N)cc(Cl)cc2F)n1. The molecule has 2 rings (SSSR count). The number of hydrogen-bond donors (Lipinski definition) is 1. The second-order valence-corrected chi connectivity index (χ2v) is 3.83. The van der Waals surface area contributed by atoms with Crippen molar-refractivity contribution in [1.82, 2.24) is 9.97 Å². The van der Waals surface area contributed by atoms with Crippen LogP contribution < -0.4 is 10.5 Å². The number of aryl methyl sites for hydroxylation is 1. The van der Waals surface area contributed by atoms with Crippen molar-refractivity contribution in [3.05, 3.63) is 40.9 Å². The van der Waals surface area contributed by atoms with E-state index in [1.807, 2.05) is 0 Å². The fourth-order valence-electron chi connectivity index (χ4n) is 1.25. The first-order valence-corrected chi connectivity index (χ1v) is 5.16. The highest BCUT2D eigenvalue weighted by molar-refractivity contribution is 6.30. The zero-order valence-corrected chi connectivity index (χ0v) is 9.70. The number of hydrogen-bond acceptors (Lipinski definition) is 4. The van der Waals surface area contributed by atoms with E-state index in [2.05, 4.69) is 9.97 Å². The molecule has 17 heavy (non-hydrogen) atoms. The molecule has 0 atom stereocenters. The van der Waals surface area contributed by atoms with Gasteiger partial charge >= 0.3 is 6.01 Å². The largest absolute Gasteiger partial charge is 0.419 e. The van der Waals surface area contributed by atoms with E-state index in [4.69, 9.17) is 22.1 Å². The molecule has 1 aromatic carbocycles. The highest BCUT2D eigenvalue weighted by atomic mass is 35.5. The van der Waals surface area contributed by atoms with Gasteiger partial charge in [0.1, 0.15) is 0 Å². The number of benzene rings is 1. The second kappa shape index (κ2) is 4.55. The lowest BCUT2D eigenvalue weighted by atomic mass is 10.3. The molecule has 1 aromatic heterocycles. The zero-order chi connectivity index (χ0) is 12.4. The van der Waals surface area contributed by atoms with Crippen LogP contribution in [0.15, 0.2) is 24.4 Å². The Morgan fingerprint density at radius 3 is 2.82 bits per heavy atom. The highest BCUT2D eigenvalue weighted by Crippen LogP contribution is 2.31. The molecule has 0 unspecified atom stereocenters. The smallest absolute Gasteiger partial charge is 0.322 e. The van der Waals surface area contributed by atoms with Crippen molar-refractivity contribution < 1.29 is 9.13 Å². The number of nitrogens with two attached hydrogens (primary N) is 1. The van der Waals surface area contributed by atoms with Gasteiger partial charge in [0, 0.05) is 16.9 Å². The topological polar surface area (TPSA) is 61.0 Å². The maximum atomic E-state index is 13.6. The second-order valence-electron chi connectivity index (χ2n) is 3.39. The molecule has 0 bridgehead atoms. The first kappa shape index (κ1) is 11.6. The number of nitrogen functional groups attached to an aromatic ring is 1. The number of aromatic nitrogens is 2. The van der Waals surface area contributed by atoms with Gasteiger partial charge in [0.15, 0.2) is 11.6 Å². The molecule has 0 aliphatic heterocycles. The highest BCUT2D eigenvalue weighted by Gasteiger charge is 2.12. The Balaban J connectivity index is 2.36. The van der Waals surface area contributed by atoms with Crippen molar-refractivity contribution in [3.63, 3.8) is 0 Å². The van der Waals surface area contributed by atoms with Gasteiger partial charge in [-0.3, -0.25) is 0 Å². The van der Waals surface area contributed by atoms with Crippen LogP contribution in [-0.4, -0.2) is 9.97 Å². The molecule has 0 amide bonds. The van der Waals surface area contributed by atoms with Crippen LogP contribution in [0.1, 0.15) is 5.69 Å². The molecule has 1 heterocycles. The Morgan fingerprint density at radius 1 is 1.41 bits per heavy atom. The molecule has 4 nitrogen and oxygen atoms in total. The molecule has 2 aromatic rings. The van der Waals surface area contributed by atoms with Gasteiger partial charge in [0.25, 0.3) is 0 Å². The van der Waals surface area contributed by atoms with Crippen LogP contribution in [0.5, 0.6) is 11.8 Å². The molecular weight excluding hydrogens is 245 g/mol. The normalized spacial score (nSPS) is 10.3. The Kier molecular flexibility index (Phi) is 3.10. The number of nitrogens with zero attached hydrogens (tertiary/aromatic N) is 2.